The van der Waals surface area contributed by atoms with Crippen LogP contribution < -0.4 is 9.46 Å². The molecule has 0 amide bonds. The number of anilines is 1. The van der Waals surface area contributed by atoms with Crippen molar-refractivity contribution in [2.75, 3.05) is 4.72 Å². The zero-order valence-corrected chi connectivity index (χ0v) is 18.7. The molecule has 33 heavy (non-hydrogen) atoms. The summed E-state index contributed by atoms with van der Waals surface area (Å²) < 4.78 is 62.5. The lowest BCUT2D eigenvalue weighted by Gasteiger charge is -2.11. The molecular formula is C24H21F2N3O3S. The highest BCUT2D eigenvalue weighted by atomic mass is 32.2. The quantitative estimate of drug-likeness (QED) is 0.392. The fourth-order valence-electron chi connectivity index (χ4n) is 3.39. The van der Waals surface area contributed by atoms with Crippen molar-refractivity contribution < 1.29 is 21.9 Å². The normalized spacial score (nSPS) is 11.4. The Bertz CT molecular complexity index is 1400. The van der Waals surface area contributed by atoms with Gasteiger partial charge in [-0.05, 0) is 55.8 Å². The van der Waals surface area contributed by atoms with Gasteiger partial charge < -0.3 is 4.74 Å². The number of nitrogens with zero attached hydrogens (tertiary/aromatic N) is 2. The molecule has 0 spiro atoms. The van der Waals surface area contributed by atoms with Gasteiger partial charge in [-0.1, -0.05) is 30.3 Å². The van der Waals surface area contributed by atoms with Gasteiger partial charge in [-0.3, -0.25) is 9.40 Å². The zero-order chi connectivity index (χ0) is 23.6. The van der Waals surface area contributed by atoms with E-state index in [0.717, 1.165) is 17.7 Å². The van der Waals surface area contributed by atoms with Crippen molar-refractivity contribution >= 4 is 15.7 Å². The monoisotopic (exact) mass is 469 g/mol. The Labute approximate surface area is 190 Å². The van der Waals surface area contributed by atoms with Gasteiger partial charge in [0.15, 0.2) is 0 Å². The van der Waals surface area contributed by atoms with Crippen LogP contribution >= 0.6 is 0 Å². The SMILES string of the molecule is Cc1nn(Cc2cccc(Oc3ccccc3)c2)c(C)c1NS(=O)(=O)c1ccc(F)cc1F. The number of nitrogens with one attached hydrogen (secondary N) is 1. The van der Waals surface area contributed by atoms with E-state index in [2.05, 4.69) is 9.82 Å². The summed E-state index contributed by atoms with van der Waals surface area (Å²) in [6, 6.07) is 19.2. The van der Waals surface area contributed by atoms with Gasteiger partial charge in [-0.15, -0.1) is 0 Å². The molecule has 0 bridgehead atoms. The summed E-state index contributed by atoms with van der Waals surface area (Å²) in [6.45, 7) is 3.73. The van der Waals surface area contributed by atoms with Gasteiger partial charge in [0.05, 0.1) is 23.6 Å². The molecule has 0 atom stereocenters. The molecule has 6 nitrogen and oxygen atoms in total. The van der Waals surface area contributed by atoms with Crippen LogP contribution in [0.4, 0.5) is 14.5 Å². The Morgan fingerprint density at radius 1 is 0.939 bits per heavy atom. The minimum Gasteiger partial charge on any atom is -0.457 e. The number of aromatic nitrogens is 2. The summed E-state index contributed by atoms with van der Waals surface area (Å²) >= 11 is 0. The Kier molecular flexibility index (Phi) is 6.15. The highest BCUT2D eigenvalue weighted by molar-refractivity contribution is 7.92. The summed E-state index contributed by atoms with van der Waals surface area (Å²) in [7, 11) is -4.27. The molecular weight excluding hydrogens is 448 g/mol. The second kappa shape index (κ2) is 9.03. The predicted molar refractivity (Wildman–Crippen MR) is 121 cm³/mol. The number of para-hydroxylation sites is 1. The highest BCUT2D eigenvalue weighted by Crippen LogP contribution is 2.27. The van der Waals surface area contributed by atoms with Crippen molar-refractivity contribution in [1.82, 2.24) is 9.78 Å². The Balaban J connectivity index is 1.56. The van der Waals surface area contributed by atoms with Gasteiger partial charge in [0.2, 0.25) is 0 Å². The first-order valence-electron chi connectivity index (χ1n) is 10.1. The number of rotatable bonds is 7. The second-order valence-electron chi connectivity index (χ2n) is 7.45. The summed E-state index contributed by atoms with van der Waals surface area (Å²) in [5.74, 6) is -0.649. The first kappa shape index (κ1) is 22.5. The largest absolute Gasteiger partial charge is 0.457 e. The predicted octanol–water partition coefficient (Wildman–Crippen LogP) is 5.42. The molecule has 3 aromatic carbocycles. The van der Waals surface area contributed by atoms with Crippen molar-refractivity contribution in [2.24, 2.45) is 0 Å². The van der Waals surface area contributed by atoms with Crippen molar-refractivity contribution in [2.45, 2.75) is 25.3 Å². The number of sulfonamides is 1. The third-order valence-corrected chi connectivity index (χ3v) is 6.39. The number of ether oxygens (including phenoxy) is 1. The lowest BCUT2D eigenvalue weighted by molar-refractivity contribution is 0.481. The van der Waals surface area contributed by atoms with E-state index in [9.17, 15) is 17.2 Å². The standard InChI is InChI=1S/C24H21F2N3O3S/c1-16-24(28-33(30,31)23-12-11-19(25)14-22(23)26)17(2)29(27-16)15-18-7-6-10-21(13-18)32-20-8-4-3-5-9-20/h3-14,28H,15H2,1-2H3. The zero-order valence-electron chi connectivity index (χ0n) is 17.9. The van der Waals surface area contributed by atoms with E-state index in [4.69, 9.17) is 4.74 Å². The van der Waals surface area contributed by atoms with Crippen LogP contribution in [0, 0.1) is 25.5 Å². The van der Waals surface area contributed by atoms with Crippen molar-refractivity contribution in [3.63, 3.8) is 0 Å². The maximum absolute atomic E-state index is 14.0. The number of benzene rings is 3. The van der Waals surface area contributed by atoms with Gasteiger partial charge in [0.1, 0.15) is 28.0 Å². The molecule has 1 heterocycles. The van der Waals surface area contributed by atoms with Crippen LogP contribution in [0.2, 0.25) is 0 Å². The molecule has 0 aliphatic carbocycles. The molecule has 0 radical (unpaired) electrons. The topological polar surface area (TPSA) is 73.2 Å². The Morgan fingerprint density at radius 2 is 1.67 bits per heavy atom. The maximum Gasteiger partial charge on any atom is 0.264 e. The van der Waals surface area contributed by atoms with E-state index >= 15 is 0 Å². The van der Waals surface area contributed by atoms with Crippen LogP contribution in [0.25, 0.3) is 0 Å². The van der Waals surface area contributed by atoms with Gasteiger partial charge in [-0.2, -0.15) is 5.10 Å². The molecule has 170 valence electrons. The van der Waals surface area contributed by atoms with E-state index in [1.165, 1.54) is 0 Å². The molecule has 0 aliphatic rings. The average molecular weight is 470 g/mol. The molecule has 0 saturated carbocycles. The lowest BCUT2D eigenvalue weighted by Crippen LogP contribution is -2.16. The van der Waals surface area contributed by atoms with E-state index < -0.39 is 26.6 Å². The molecule has 9 heteroatoms. The highest BCUT2D eigenvalue weighted by Gasteiger charge is 2.23. The smallest absolute Gasteiger partial charge is 0.264 e. The minimum atomic E-state index is -4.27. The number of aryl methyl sites for hydroxylation is 1. The summed E-state index contributed by atoms with van der Waals surface area (Å²) in [5, 5.41) is 4.43. The lowest BCUT2D eigenvalue weighted by atomic mass is 10.2. The second-order valence-corrected chi connectivity index (χ2v) is 9.10. The van der Waals surface area contributed by atoms with Gasteiger partial charge >= 0.3 is 0 Å². The molecule has 0 aliphatic heterocycles. The van der Waals surface area contributed by atoms with Crippen molar-refractivity contribution in [3.05, 3.63) is 101 Å². The third kappa shape index (κ3) is 5.04. The number of hydrogen-bond acceptors (Lipinski definition) is 4. The van der Waals surface area contributed by atoms with Crippen LogP contribution in [0.5, 0.6) is 11.5 Å². The van der Waals surface area contributed by atoms with Gasteiger partial charge in [0.25, 0.3) is 10.0 Å². The van der Waals surface area contributed by atoms with Crippen LogP contribution in [0.15, 0.2) is 77.7 Å². The molecule has 0 saturated heterocycles. The Hall–Kier alpha value is -3.72. The van der Waals surface area contributed by atoms with Crippen LogP contribution in [-0.2, 0) is 16.6 Å². The molecule has 0 fully saturated rings. The summed E-state index contributed by atoms with van der Waals surface area (Å²) in [6.07, 6.45) is 0. The fourth-order valence-corrected chi connectivity index (χ4v) is 4.62. The van der Waals surface area contributed by atoms with Crippen molar-refractivity contribution in [1.29, 1.82) is 0 Å². The summed E-state index contributed by atoms with van der Waals surface area (Å²) in [4.78, 5) is -0.638. The number of hydrogen-bond donors (Lipinski definition) is 1. The van der Waals surface area contributed by atoms with Crippen LogP contribution in [0.1, 0.15) is 17.0 Å². The molecule has 4 rings (SSSR count). The van der Waals surface area contributed by atoms with Crippen LogP contribution in [-0.4, -0.2) is 18.2 Å². The first-order chi connectivity index (χ1) is 15.7. The van der Waals surface area contributed by atoms with E-state index in [0.29, 0.717) is 35.5 Å². The van der Waals surface area contributed by atoms with Crippen molar-refractivity contribution in [3.8, 4) is 11.5 Å². The molecule has 1 aromatic heterocycles. The Morgan fingerprint density at radius 3 is 2.39 bits per heavy atom. The minimum absolute atomic E-state index is 0.246. The van der Waals surface area contributed by atoms with Gasteiger partial charge in [-0.25, -0.2) is 17.2 Å². The van der Waals surface area contributed by atoms with Gasteiger partial charge in [0, 0.05) is 6.07 Å². The summed E-state index contributed by atoms with van der Waals surface area (Å²) in [5.41, 5.74) is 2.12. The van der Waals surface area contributed by atoms with Crippen LogP contribution in [0.3, 0.4) is 0 Å². The van der Waals surface area contributed by atoms with E-state index in [1.807, 2.05) is 54.6 Å². The first-order valence-corrected chi connectivity index (χ1v) is 11.5. The third-order valence-electron chi connectivity index (χ3n) is 5.01. The maximum atomic E-state index is 14.0. The van der Waals surface area contributed by atoms with E-state index in [1.54, 1.807) is 18.5 Å². The number of halogens is 2. The molecule has 0 unspecified atom stereocenters. The fraction of sp³-hybridized carbons (Fsp3) is 0.125. The average Bonchev–Trinajstić information content (AvgIpc) is 3.01. The molecule has 4 aromatic rings. The van der Waals surface area contributed by atoms with E-state index in [-0.39, 0.29) is 5.69 Å². The molecule has 1 N–H and O–H groups in total.